The fourth-order valence-electron chi connectivity index (χ4n) is 2.32. The van der Waals surface area contributed by atoms with Crippen molar-refractivity contribution in [2.24, 2.45) is 0 Å². The van der Waals surface area contributed by atoms with Gasteiger partial charge in [-0.25, -0.2) is 0 Å². The lowest BCUT2D eigenvalue weighted by molar-refractivity contribution is -0.133. The van der Waals surface area contributed by atoms with Gasteiger partial charge in [-0.05, 0) is 17.7 Å². The molecular weight excluding hydrogens is 304 g/mol. The zero-order valence-corrected chi connectivity index (χ0v) is 14.0. The van der Waals surface area contributed by atoms with Crippen LogP contribution in [0.25, 0.3) is 0 Å². The molecule has 0 bridgehead atoms. The lowest BCUT2D eigenvalue weighted by atomic mass is 10.2. The van der Waals surface area contributed by atoms with Crippen LogP contribution in [0.3, 0.4) is 0 Å². The van der Waals surface area contributed by atoms with Gasteiger partial charge in [-0.3, -0.25) is 4.79 Å². The first-order valence-electron chi connectivity index (χ1n) is 7.98. The minimum Gasteiger partial charge on any atom is -0.491 e. The van der Waals surface area contributed by atoms with Crippen molar-refractivity contribution in [1.82, 2.24) is 4.90 Å². The third-order valence-electron chi connectivity index (χ3n) is 3.63. The van der Waals surface area contributed by atoms with E-state index in [1.165, 1.54) is 0 Å². The smallest absolute Gasteiger partial charge is 0.226 e. The Morgan fingerprint density at radius 1 is 1.04 bits per heavy atom. The van der Waals surface area contributed by atoms with Gasteiger partial charge in [-0.15, -0.1) is 0 Å². The quantitative estimate of drug-likeness (QED) is 0.719. The third-order valence-corrected chi connectivity index (χ3v) is 3.63. The van der Waals surface area contributed by atoms with Crippen LogP contribution in [0, 0.1) is 0 Å². The molecule has 24 heavy (non-hydrogen) atoms. The van der Waals surface area contributed by atoms with E-state index in [9.17, 15) is 4.79 Å². The van der Waals surface area contributed by atoms with Crippen molar-refractivity contribution in [2.45, 2.75) is 13.0 Å². The van der Waals surface area contributed by atoms with Crippen LogP contribution >= 0.6 is 0 Å². The summed E-state index contributed by atoms with van der Waals surface area (Å²) in [6, 6.07) is 17.2. The minimum atomic E-state index is 0.0328. The van der Waals surface area contributed by atoms with Gasteiger partial charge in [0.1, 0.15) is 5.75 Å². The molecule has 2 rings (SSSR count). The number of hydrogen-bond acceptors (Lipinski definition) is 4. The topological polar surface area (TPSA) is 64.8 Å². The van der Waals surface area contributed by atoms with E-state index in [0.29, 0.717) is 44.2 Å². The lowest BCUT2D eigenvalue weighted by Gasteiger charge is -2.22. The average molecular weight is 328 g/mol. The minimum absolute atomic E-state index is 0.0328. The summed E-state index contributed by atoms with van der Waals surface area (Å²) in [5, 5.41) is 0. The van der Waals surface area contributed by atoms with E-state index in [4.69, 9.17) is 15.2 Å². The summed E-state index contributed by atoms with van der Waals surface area (Å²) < 4.78 is 10.7. The summed E-state index contributed by atoms with van der Waals surface area (Å²) >= 11 is 0. The zero-order valence-electron chi connectivity index (χ0n) is 14.0. The maximum Gasteiger partial charge on any atom is 0.226 e. The Kier molecular flexibility index (Phi) is 7.11. The van der Waals surface area contributed by atoms with Crippen molar-refractivity contribution >= 4 is 11.6 Å². The molecule has 0 spiro atoms. The number of nitrogens with two attached hydrogens (primary N) is 1. The molecule has 2 aromatic carbocycles. The van der Waals surface area contributed by atoms with Crippen LogP contribution in [0.1, 0.15) is 12.0 Å². The number of nitrogens with zero attached hydrogens (tertiary/aromatic N) is 1. The Labute approximate surface area is 143 Å². The molecule has 128 valence electrons. The second kappa shape index (κ2) is 9.57. The van der Waals surface area contributed by atoms with Gasteiger partial charge in [0.25, 0.3) is 0 Å². The Hall–Kier alpha value is -2.53. The van der Waals surface area contributed by atoms with Crippen molar-refractivity contribution < 1.29 is 14.3 Å². The van der Waals surface area contributed by atoms with Crippen LogP contribution in [0.4, 0.5) is 5.69 Å². The van der Waals surface area contributed by atoms with Gasteiger partial charge in [0.2, 0.25) is 5.91 Å². The number of nitrogen functional groups attached to an aromatic ring is 1. The number of benzene rings is 2. The summed E-state index contributed by atoms with van der Waals surface area (Å²) in [6.07, 6.45) is 0.297. The van der Waals surface area contributed by atoms with E-state index in [0.717, 1.165) is 5.56 Å². The molecule has 0 aliphatic rings. The van der Waals surface area contributed by atoms with Gasteiger partial charge in [0.15, 0.2) is 0 Å². The first-order chi connectivity index (χ1) is 11.7. The van der Waals surface area contributed by atoms with Crippen molar-refractivity contribution in [2.75, 3.05) is 32.6 Å². The molecule has 0 atom stereocenters. The molecule has 0 aliphatic carbocycles. The van der Waals surface area contributed by atoms with Crippen LogP contribution < -0.4 is 10.5 Å². The summed E-state index contributed by atoms with van der Waals surface area (Å²) in [7, 11) is 1.63. The molecule has 0 radical (unpaired) electrons. The number of ether oxygens (including phenoxy) is 2. The highest BCUT2D eigenvalue weighted by Crippen LogP contribution is 2.19. The van der Waals surface area contributed by atoms with Gasteiger partial charge in [0.05, 0.1) is 25.3 Å². The van der Waals surface area contributed by atoms with Gasteiger partial charge in [0, 0.05) is 20.2 Å². The van der Waals surface area contributed by atoms with E-state index in [-0.39, 0.29) is 5.91 Å². The molecule has 0 heterocycles. The monoisotopic (exact) mass is 328 g/mol. The summed E-state index contributed by atoms with van der Waals surface area (Å²) in [5.74, 6) is 0.641. The molecule has 5 nitrogen and oxygen atoms in total. The molecule has 0 saturated heterocycles. The van der Waals surface area contributed by atoms with E-state index in [1.54, 1.807) is 24.1 Å². The van der Waals surface area contributed by atoms with Crippen molar-refractivity contribution in [3.8, 4) is 5.75 Å². The van der Waals surface area contributed by atoms with Gasteiger partial charge in [-0.2, -0.15) is 0 Å². The van der Waals surface area contributed by atoms with Crippen LogP contribution in [0.5, 0.6) is 5.75 Å². The van der Waals surface area contributed by atoms with Crippen molar-refractivity contribution in [1.29, 1.82) is 0 Å². The highest BCUT2D eigenvalue weighted by molar-refractivity contribution is 5.76. The van der Waals surface area contributed by atoms with Gasteiger partial charge < -0.3 is 20.1 Å². The molecule has 0 aliphatic heterocycles. The van der Waals surface area contributed by atoms with Crippen LogP contribution in [-0.4, -0.2) is 37.7 Å². The largest absolute Gasteiger partial charge is 0.491 e. The van der Waals surface area contributed by atoms with E-state index in [1.807, 2.05) is 42.5 Å². The Morgan fingerprint density at radius 2 is 1.75 bits per heavy atom. The second-order valence-electron chi connectivity index (χ2n) is 5.43. The first kappa shape index (κ1) is 17.8. The molecule has 0 fully saturated rings. The SMILES string of the molecule is COCCN(Cc1ccccc1)C(=O)CCOc1ccccc1N. The first-order valence-corrected chi connectivity index (χ1v) is 7.98. The fourth-order valence-corrected chi connectivity index (χ4v) is 2.32. The van der Waals surface area contributed by atoms with Crippen molar-refractivity contribution in [3.05, 3.63) is 60.2 Å². The van der Waals surface area contributed by atoms with E-state index >= 15 is 0 Å². The number of anilines is 1. The van der Waals surface area contributed by atoms with Crippen molar-refractivity contribution in [3.63, 3.8) is 0 Å². The molecule has 2 aromatic rings. The Bertz CT molecular complexity index is 632. The lowest BCUT2D eigenvalue weighted by Crippen LogP contribution is -2.34. The third kappa shape index (κ3) is 5.59. The number of carbonyl (C=O) groups is 1. The predicted molar refractivity (Wildman–Crippen MR) is 94.7 cm³/mol. The zero-order chi connectivity index (χ0) is 17.2. The normalized spacial score (nSPS) is 10.4. The fraction of sp³-hybridized carbons (Fsp3) is 0.316. The maximum atomic E-state index is 12.5. The number of rotatable bonds is 9. The van der Waals surface area contributed by atoms with E-state index in [2.05, 4.69) is 0 Å². The molecular formula is C19H24N2O3. The molecule has 0 aromatic heterocycles. The molecule has 2 N–H and O–H groups in total. The molecule has 0 unspecified atom stereocenters. The molecule has 0 saturated carbocycles. The van der Waals surface area contributed by atoms with Crippen LogP contribution in [-0.2, 0) is 16.1 Å². The molecule has 5 heteroatoms. The predicted octanol–water partition coefficient (Wildman–Crippen LogP) is 2.71. The number of hydrogen-bond donors (Lipinski definition) is 1. The summed E-state index contributed by atoms with van der Waals surface area (Å²) in [4.78, 5) is 14.3. The highest BCUT2D eigenvalue weighted by Gasteiger charge is 2.14. The highest BCUT2D eigenvalue weighted by atomic mass is 16.5. The second-order valence-corrected chi connectivity index (χ2v) is 5.43. The van der Waals surface area contributed by atoms with Gasteiger partial charge in [-0.1, -0.05) is 42.5 Å². The standard InChI is InChI=1S/C19H24N2O3/c1-23-14-12-21(15-16-7-3-2-4-8-16)19(22)11-13-24-18-10-6-5-9-17(18)20/h2-10H,11-15,20H2,1H3. The Balaban J connectivity index is 1.88. The number of carbonyl (C=O) groups excluding carboxylic acids is 1. The van der Waals surface area contributed by atoms with E-state index < -0.39 is 0 Å². The molecule has 1 amide bonds. The maximum absolute atomic E-state index is 12.5. The summed E-state index contributed by atoms with van der Waals surface area (Å²) in [6.45, 7) is 1.92. The van der Waals surface area contributed by atoms with Crippen LogP contribution in [0.15, 0.2) is 54.6 Å². The summed E-state index contributed by atoms with van der Waals surface area (Å²) in [5.41, 5.74) is 7.50. The average Bonchev–Trinajstić information content (AvgIpc) is 2.61. The number of amides is 1. The Morgan fingerprint density at radius 3 is 2.46 bits per heavy atom. The van der Waals surface area contributed by atoms with Crippen LogP contribution in [0.2, 0.25) is 0 Å². The van der Waals surface area contributed by atoms with Gasteiger partial charge >= 0.3 is 0 Å². The number of para-hydroxylation sites is 2. The number of methoxy groups -OCH3 is 1.